The Balaban J connectivity index is 0.00000225. The fourth-order valence-electron chi connectivity index (χ4n) is 2.94. The number of anilines is 1. The van der Waals surface area contributed by atoms with Crippen LogP contribution >= 0.6 is 24.0 Å². The van der Waals surface area contributed by atoms with Crippen LogP contribution in [0.4, 0.5) is 10.1 Å². The van der Waals surface area contributed by atoms with Gasteiger partial charge in [0, 0.05) is 46.5 Å². The van der Waals surface area contributed by atoms with Gasteiger partial charge in [0.25, 0.3) is 0 Å². The van der Waals surface area contributed by atoms with Crippen LogP contribution < -0.4 is 10.2 Å². The van der Waals surface area contributed by atoms with E-state index >= 15 is 0 Å². The molecule has 0 saturated carbocycles. The van der Waals surface area contributed by atoms with E-state index in [-0.39, 0.29) is 29.8 Å². The molecule has 1 fully saturated rings. The van der Waals surface area contributed by atoms with E-state index in [0.29, 0.717) is 12.2 Å². The Bertz CT molecular complexity index is 709. The summed E-state index contributed by atoms with van der Waals surface area (Å²) in [6, 6.07) is 8.92. The molecule has 0 atom stereocenters. The first-order chi connectivity index (χ1) is 11.7. The number of nitrogens with zero attached hydrogens (tertiary/aromatic N) is 5. The lowest BCUT2D eigenvalue weighted by Gasteiger charge is -2.37. The van der Waals surface area contributed by atoms with Gasteiger partial charge >= 0.3 is 0 Å². The Morgan fingerprint density at radius 2 is 1.92 bits per heavy atom. The molecule has 0 bridgehead atoms. The summed E-state index contributed by atoms with van der Waals surface area (Å²) >= 11 is 0. The van der Waals surface area contributed by atoms with Gasteiger partial charge in [-0.1, -0.05) is 12.1 Å². The van der Waals surface area contributed by atoms with E-state index in [1.165, 1.54) is 6.07 Å². The SMILES string of the molecule is CN=C(NCc1ccnn1C)N1CCN(c2ccccc2F)CC1.I. The number of aliphatic imine (C=N–C) groups is 1. The molecule has 0 aliphatic carbocycles. The molecule has 25 heavy (non-hydrogen) atoms. The summed E-state index contributed by atoms with van der Waals surface area (Å²) in [5.41, 5.74) is 1.77. The van der Waals surface area contributed by atoms with Gasteiger partial charge in [-0.3, -0.25) is 9.67 Å². The molecule has 136 valence electrons. The van der Waals surface area contributed by atoms with Gasteiger partial charge in [-0.2, -0.15) is 5.10 Å². The lowest BCUT2D eigenvalue weighted by Crippen LogP contribution is -2.52. The summed E-state index contributed by atoms with van der Waals surface area (Å²) in [5, 5.41) is 7.54. The third kappa shape index (κ3) is 4.62. The third-order valence-electron chi connectivity index (χ3n) is 4.33. The van der Waals surface area contributed by atoms with Crippen molar-refractivity contribution in [3.05, 3.63) is 48.0 Å². The second-order valence-electron chi connectivity index (χ2n) is 5.77. The minimum atomic E-state index is -0.162. The van der Waals surface area contributed by atoms with Crippen molar-refractivity contribution in [2.45, 2.75) is 6.54 Å². The number of aryl methyl sites for hydroxylation is 1. The van der Waals surface area contributed by atoms with Crippen molar-refractivity contribution in [2.24, 2.45) is 12.0 Å². The molecular weight excluding hydrogens is 434 g/mol. The maximum absolute atomic E-state index is 13.9. The molecule has 2 aromatic rings. The molecule has 0 unspecified atom stereocenters. The standard InChI is InChI=1S/C17H23FN6.HI/c1-19-17(20-13-14-7-8-21-22(14)2)24-11-9-23(10-12-24)16-6-4-3-5-15(16)18;/h3-8H,9-13H2,1-2H3,(H,19,20);1H. The predicted molar refractivity (Wildman–Crippen MR) is 109 cm³/mol. The maximum atomic E-state index is 13.9. The van der Waals surface area contributed by atoms with Crippen LogP contribution in [0.2, 0.25) is 0 Å². The highest BCUT2D eigenvalue weighted by atomic mass is 127. The van der Waals surface area contributed by atoms with Gasteiger partial charge in [-0.15, -0.1) is 24.0 Å². The Labute approximate surface area is 164 Å². The smallest absolute Gasteiger partial charge is 0.194 e. The van der Waals surface area contributed by atoms with Crippen LogP contribution in [0.5, 0.6) is 0 Å². The van der Waals surface area contributed by atoms with Crippen LogP contribution in [-0.4, -0.2) is 53.9 Å². The average Bonchev–Trinajstić information content (AvgIpc) is 3.02. The first-order valence-corrected chi connectivity index (χ1v) is 8.11. The van der Waals surface area contributed by atoms with Gasteiger partial charge in [0.1, 0.15) is 5.82 Å². The number of hydrogen-bond acceptors (Lipinski definition) is 3. The van der Waals surface area contributed by atoms with Crippen molar-refractivity contribution in [2.75, 3.05) is 38.1 Å². The minimum Gasteiger partial charge on any atom is -0.366 e. The molecule has 1 saturated heterocycles. The van der Waals surface area contributed by atoms with Crippen molar-refractivity contribution >= 4 is 35.6 Å². The van der Waals surface area contributed by atoms with E-state index in [2.05, 4.69) is 25.2 Å². The van der Waals surface area contributed by atoms with Gasteiger partial charge in [-0.05, 0) is 18.2 Å². The summed E-state index contributed by atoms with van der Waals surface area (Å²) < 4.78 is 15.8. The van der Waals surface area contributed by atoms with Crippen molar-refractivity contribution in [1.29, 1.82) is 0 Å². The third-order valence-corrected chi connectivity index (χ3v) is 4.33. The Kier molecular flexibility index (Phi) is 7.03. The molecule has 1 aromatic carbocycles. The highest BCUT2D eigenvalue weighted by Gasteiger charge is 2.21. The largest absolute Gasteiger partial charge is 0.366 e. The Morgan fingerprint density at radius 1 is 1.20 bits per heavy atom. The van der Waals surface area contributed by atoms with Gasteiger partial charge < -0.3 is 15.1 Å². The molecule has 8 heteroatoms. The topological polar surface area (TPSA) is 48.7 Å². The van der Waals surface area contributed by atoms with E-state index < -0.39 is 0 Å². The van der Waals surface area contributed by atoms with E-state index in [4.69, 9.17) is 0 Å². The molecule has 1 aliphatic rings. The minimum absolute atomic E-state index is 0. The van der Waals surface area contributed by atoms with Crippen LogP contribution in [0.15, 0.2) is 41.5 Å². The second-order valence-corrected chi connectivity index (χ2v) is 5.77. The Hall–Kier alpha value is -1.84. The number of benzene rings is 1. The van der Waals surface area contributed by atoms with Crippen LogP contribution in [0.25, 0.3) is 0 Å². The fourth-order valence-corrected chi connectivity index (χ4v) is 2.94. The van der Waals surface area contributed by atoms with E-state index in [1.54, 1.807) is 19.3 Å². The number of hydrogen-bond donors (Lipinski definition) is 1. The lowest BCUT2D eigenvalue weighted by molar-refractivity contribution is 0.370. The summed E-state index contributed by atoms with van der Waals surface area (Å²) in [4.78, 5) is 8.65. The van der Waals surface area contributed by atoms with E-state index in [0.717, 1.165) is 37.8 Å². The summed E-state index contributed by atoms with van der Waals surface area (Å²) in [6.45, 7) is 3.83. The lowest BCUT2D eigenvalue weighted by atomic mass is 10.2. The van der Waals surface area contributed by atoms with Crippen LogP contribution in [-0.2, 0) is 13.6 Å². The molecule has 1 aromatic heterocycles. The van der Waals surface area contributed by atoms with Crippen LogP contribution in [0, 0.1) is 5.82 Å². The molecule has 1 aliphatic heterocycles. The zero-order chi connectivity index (χ0) is 16.9. The predicted octanol–water partition coefficient (Wildman–Crippen LogP) is 2.07. The second kappa shape index (κ2) is 9.02. The van der Waals surface area contributed by atoms with Crippen LogP contribution in [0.1, 0.15) is 5.69 Å². The van der Waals surface area contributed by atoms with Gasteiger partial charge in [0.05, 0.1) is 17.9 Å². The molecule has 3 rings (SSSR count). The number of para-hydroxylation sites is 1. The van der Waals surface area contributed by atoms with Gasteiger partial charge in [0.15, 0.2) is 5.96 Å². The normalized spacial score (nSPS) is 15.1. The molecular formula is C17H24FIN6. The molecule has 0 radical (unpaired) electrons. The van der Waals surface area contributed by atoms with Crippen molar-refractivity contribution in [3.63, 3.8) is 0 Å². The summed E-state index contributed by atoms with van der Waals surface area (Å²) in [5.74, 6) is 0.703. The molecule has 1 N–H and O–H groups in total. The maximum Gasteiger partial charge on any atom is 0.194 e. The first-order valence-electron chi connectivity index (χ1n) is 8.11. The molecule has 6 nitrogen and oxygen atoms in total. The van der Waals surface area contributed by atoms with E-state index in [9.17, 15) is 4.39 Å². The summed E-state index contributed by atoms with van der Waals surface area (Å²) in [7, 11) is 3.71. The fraction of sp³-hybridized carbons (Fsp3) is 0.412. The van der Waals surface area contributed by atoms with Crippen molar-refractivity contribution in [3.8, 4) is 0 Å². The number of halogens is 2. The number of nitrogens with one attached hydrogen (secondary N) is 1. The highest BCUT2D eigenvalue weighted by Crippen LogP contribution is 2.20. The molecule has 0 spiro atoms. The number of aromatic nitrogens is 2. The van der Waals surface area contributed by atoms with Crippen molar-refractivity contribution in [1.82, 2.24) is 20.0 Å². The average molecular weight is 458 g/mol. The molecule has 0 amide bonds. The zero-order valence-corrected chi connectivity index (χ0v) is 16.9. The quantitative estimate of drug-likeness (QED) is 0.435. The zero-order valence-electron chi connectivity index (χ0n) is 14.5. The Morgan fingerprint density at radius 3 is 2.52 bits per heavy atom. The summed E-state index contributed by atoms with van der Waals surface area (Å²) in [6.07, 6.45) is 1.78. The van der Waals surface area contributed by atoms with Gasteiger partial charge in [0.2, 0.25) is 0 Å². The van der Waals surface area contributed by atoms with E-state index in [1.807, 2.05) is 29.9 Å². The number of rotatable bonds is 3. The number of piperazine rings is 1. The molecule has 2 heterocycles. The van der Waals surface area contributed by atoms with Crippen LogP contribution in [0.3, 0.4) is 0 Å². The highest BCUT2D eigenvalue weighted by molar-refractivity contribution is 14.0. The monoisotopic (exact) mass is 458 g/mol. The van der Waals surface area contributed by atoms with Gasteiger partial charge in [-0.25, -0.2) is 4.39 Å². The first kappa shape index (κ1) is 19.5. The van der Waals surface area contributed by atoms with Crippen molar-refractivity contribution < 1.29 is 4.39 Å². The number of guanidine groups is 1.